The van der Waals surface area contributed by atoms with Gasteiger partial charge in [0.15, 0.2) is 0 Å². The third-order valence-corrected chi connectivity index (χ3v) is 6.33. The van der Waals surface area contributed by atoms with Crippen LogP contribution in [0.2, 0.25) is 15.1 Å². The highest BCUT2D eigenvalue weighted by molar-refractivity contribution is 6.67. The lowest BCUT2D eigenvalue weighted by Gasteiger charge is -2.22. The maximum Gasteiger partial charge on any atom is 0.306 e. The number of carboxylic acid groups (broad SMARTS) is 1. The van der Waals surface area contributed by atoms with E-state index in [9.17, 15) is 19.1 Å². The van der Waals surface area contributed by atoms with E-state index in [0.29, 0.717) is 45.5 Å². The fraction of sp³-hybridized carbons (Fsp3) is 0.273. The van der Waals surface area contributed by atoms with Gasteiger partial charge in [0.1, 0.15) is 11.4 Å². The summed E-state index contributed by atoms with van der Waals surface area (Å²) in [4.78, 5) is 21.5. The van der Waals surface area contributed by atoms with E-state index < -0.39 is 22.6 Å². The number of carbonyl (C=O) groups excluding carboxylic acids is 1. The van der Waals surface area contributed by atoms with Crippen LogP contribution < -0.4 is 0 Å². The van der Waals surface area contributed by atoms with Crippen LogP contribution in [0.5, 0.6) is 0 Å². The van der Waals surface area contributed by atoms with Gasteiger partial charge >= 0.3 is 5.97 Å². The monoisotopic (exact) mass is 504 g/mol. The fourth-order valence-electron chi connectivity index (χ4n) is 4.00. The Morgan fingerprint density at radius 2 is 1.71 bits per heavy atom. The standard InChI is InChI=1S/C11H7Cl2FO.C11H10Cl2O3/c12-10-5-7(14)4-9-6(3-11(13)15)1-2-8(9)10;12-6-3-8-7(9(13)4-6)1-2-11(8,16)5-10(14)15/h3-5H,1-2H2;3-4,16H,1-2,5H2,(H,14,15)/b6-3+;. The molecule has 1 unspecified atom stereocenters. The first-order valence-electron chi connectivity index (χ1n) is 9.31. The summed E-state index contributed by atoms with van der Waals surface area (Å²) in [5, 5.41) is 19.8. The number of rotatable bonds is 3. The molecule has 0 bridgehead atoms. The summed E-state index contributed by atoms with van der Waals surface area (Å²) in [5.74, 6) is -1.43. The Balaban J connectivity index is 0.000000176. The van der Waals surface area contributed by atoms with Crippen molar-refractivity contribution in [3.63, 3.8) is 0 Å². The van der Waals surface area contributed by atoms with E-state index in [0.717, 1.165) is 23.1 Å². The van der Waals surface area contributed by atoms with Gasteiger partial charge in [-0.25, -0.2) is 4.39 Å². The molecule has 2 aliphatic carbocycles. The van der Waals surface area contributed by atoms with Crippen molar-refractivity contribution in [2.75, 3.05) is 0 Å². The summed E-state index contributed by atoms with van der Waals surface area (Å²) < 4.78 is 13.1. The summed E-state index contributed by atoms with van der Waals surface area (Å²) >= 11 is 23.0. The lowest BCUT2D eigenvalue weighted by Crippen LogP contribution is -2.26. The smallest absolute Gasteiger partial charge is 0.306 e. The lowest BCUT2D eigenvalue weighted by atomic mass is 9.92. The summed E-state index contributed by atoms with van der Waals surface area (Å²) in [6.07, 6.45) is 3.35. The Morgan fingerprint density at radius 1 is 1.03 bits per heavy atom. The molecule has 4 nitrogen and oxygen atoms in total. The van der Waals surface area contributed by atoms with Crippen molar-refractivity contribution < 1.29 is 24.2 Å². The molecule has 0 aliphatic heterocycles. The molecule has 0 heterocycles. The number of hydrogen-bond acceptors (Lipinski definition) is 3. The molecule has 2 N–H and O–H groups in total. The number of aliphatic hydroxyl groups is 1. The van der Waals surface area contributed by atoms with Gasteiger partial charge in [-0.2, -0.15) is 0 Å². The van der Waals surface area contributed by atoms with E-state index >= 15 is 0 Å². The summed E-state index contributed by atoms with van der Waals surface area (Å²) in [5.41, 5.74) is 2.36. The molecule has 0 saturated carbocycles. The minimum Gasteiger partial charge on any atom is -0.481 e. The predicted molar refractivity (Wildman–Crippen MR) is 120 cm³/mol. The lowest BCUT2D eigenvalue weighted by molar-refractivity contribution is -0.142. The first kappa shape index (κ1) is 24.0. The Hall–Kier alpha value is -1.63. The van der Waals surface area contributed by atoms with Crippen LogP contribution in [0.4, 0.5) is 4.39 Å². The molecule has 2 aromatic rings. The van der Waals surface area contributed by atoms with E-state index in [1.165, 1.54) is 18.2 Å². The van der Waals surface area contributed by atoms with Gasteiger partial charge in [-0.15, -0.1) is 0 Å². The van der Waals surface area contributed by atoms with Crippen LogP contribution in [0.25, 0.3) is 5.57 Å². The van der Waals surface area contributed by atoms with Crippen LogP contribution in [0.1, 0.15) is 41.5 Å². The van der Waals surface area contributed by atoms with Crippen LogP contribution in [-0.4, -0.2) is 21.4 Å². The topological polar surface area (TPSA) is 74.6 Å². The average molecular weight is 506 g/mol. The van der Waals surface area contributed by atoms with E-state index in [4.69, 9.17) is 51.5 Å². The molecule has 164 valence electrons. The van der Waals surface area contributed by atoms with E-state index in [1.807, 2.05) is 0 Å². The van der Waals surface area contributed by atoms with Crippen molar-refractivity contribution >= 4 is 63.2 Å². The Kier molecular flexibility index (Phi) is 7.34. The minimum atomic E-state index is -1.34. The van der Waals surface area contributed by atoms with Crippen molar-refractivity contribution in [3.05, 3.63) is 73.5 Å². The molecule has 2 aromatic carbocycles. The van der Waals surface area contributed by atoms with Crippen LogP contribution in [0, 0.1) is 5.82 Å². The number of aliphatic carboxylic acids is 1. The normalized spacial score (nSPS) is 20.1. The summed E-state index contributed by atoms with van der Waals surface area (Å²) in [6.45, 7) is 0. The van der Waals surface area contributed by atoms with Gasteiger partial charge in [-0.3, -0.25) is 9.59 Å². The highest BCUT2D eigenvalue weighted by atomic mass is 35.5. The number of allylic oxidation sites excluding steroid dienone is 2. The van der Waals surface area contributed by atoms with Gasteiger partial charge in [-0.1, -0.05) is 34.8 Å². The van der Waals surface area contributed by atoms with Gasteiger partial charge in [0, 0.05) is 21.1 Å². The highest BCUT2D eigenvalue weighted by Gasteiger charge is 2.39. The molecule has 0 fully saturated rings. The van der Waals surface area contributed by atoms with Crippen LogP contribution in [0.15, 0.2) is 30.3 Å². The average Bonchev–Trinajstić information content (AvgIpc) is 3.17. The van der Waals surface area contributed by atoms with Gasteiger partial charge in [0.2, 0.25) is 5.24 Å². The zero-order chi connectivity index (χ0) is 22.9. The fourth-order valence-corrected chi connectivity index (χ4v) is 5.02. The SMILES string of the molecule is O=C(Cl)/C=C1\CCc2c(Cl)cc(F)cc21.O=C(O)CC1(O)CCc2c(Cl)cc(Cl)cc21. The van der Waals surface area contributed by atoms with Gasteiger partial charge in [0.05, 0.1) is 6.42 Å². The van der Waals surface area contributed by atoms with Crippen LogP contribution in [-0.2, 0) is 28.0 Å². The molecule has 1 atom stereocenters. The molecule has 0 radical (unpaired) electrons. The highest BCUT2D eigenvalue weighted by Crippen LogP contribution is 2.43. The van der Waals surface area contributed by atoms with Crippen molar-refractivity contribution in [2.24, 2.45) is 0 Å². The number of carbonyl (C=O) groups is 2. The molecule has 2 aliphatic rings. The second-order valence-corrected chi connectivity index (χ2v) is 9.03. The van der Waals surface area contributed by atoms with Crippen molar-refractivity contribution in [1.29, 1.82) is 0 Å². The maximum absolute atomic E-state index is 13.1. The summed E-state index contributed by atoms with van der Waals surface area (Å²) in [6, 6.07) is 5.87. The van der Waals surface area contributed by atoms with Crippen LogP contribution >= 0.6 is 46.4 Å². The minimum absolute atomic E-state index is 0.323. The molecule has 0 spiro atoms. The Labute approximate surface area is 198 Å². The van der Waals surface area contributed by atoms with Crippen LogP contribution in [0.3, 0.4) is 0 Å². The number of hydrogen-bond donors (Lipinski definition) is 2. The van der Waals surface area contributed by atoms with Crippen molar-refractivity contribution in [2.45, 2.75) is 37.7 Å². The third kappa shape index (κ3) is 5.41. The first-order chi connectivity index (χ1) is 14.5. The van der Waals surface area contributed by atoms with E-state index in [2.05, 4.69) is 0 Å². The number of fused-ring (bicyclic) bond motifs is 2. The van der Waals surface area contributed by atoms with Gasteiger partial charge < -0.3 is 10.2 Å². The molecule has 0 saturated heterocycles. The molecule has 4 rings (SSSR count). The largest absolute Gasteiger partial charge is 0.481 e. The van der Waals surface area contributed by atoms with Crippen molar-refractivity contribution in [1.82, 2.24) is 0 Å². The molecular weight excluding hydrogens is 489 g/mol. The van der Waals surface area contributed by atoms with E-state index in [1.54, 1.807) is 12.1 Å². The molecule has 31 heavy (non-hydrogen) atoms. The number of halogens is 5. The molecule has 0 amide bonds. The number of carboxylic acids is 1. The van der Waals surface area contributed by atoms with E-state index in [-0.39, 0.29) is 6.42 Å². The van der Waals surface area contributed by atoms with Gasteiger partial charge in [0.25, 0.3) is 0 Å². The molecule has 0 aromatic heterocycles. The predicted octanol–water partition coefficient (Wildman–Crippen LogP) is 6.18. The second kappa shape index (κ2) is 9.47. The zero-order valence-corrected chi connectivity index (χ0v) is 19.0. The van der Waals surface area contributed by atoms with Crippen molar-refractivity contribution in [3.8, 4) is 0 Å². The Morgan fingerprint density at radius 3 is 2.35 bits per heavy atom. The molecular formula is C22H17Cl4FO4. The quantitative estimate of drug-likeness (QED) is 0.386. The second-order valence-electron chi connectivity index (χ2n) is 7.40. The maximum atomic E-state index is 13.1. The Bertz CT molecular complexity index is 1100. The first-order valence-corrected chi connectivity index (χ1v) is 10.8. The number of benzene rings is 2. The summed E-state index contributed by atoms with van der Waals surface area (Å²) in [7, 11) is 0. The van der Waals surface area contributed by atoms with Gasteiger partial charge in [-0.05, 0) is 89.4 Å². The third-order valence-electron chi connectivity index (χ3n) is 5.33. The zero-order valence-electron chi connectivity index (χ0n) is 16.0. The molecule has 9 heteroatoms.